The van der Waals surface area contributed by atoms with E-state index < -0.39 is 0 Å². The summed E-state index contributed by atoms with van der Waals surface area (Å²) in [5.41, 5.74) is 2.43. The second-order valence-electron chi connectivity index (χ2n) is 4.73. The van der Waals surface area contributed by atoms with Crippen molar-refractivity contribution in [1.29, 1.82) is 0 Å². The second kappa shape index (κ2) is 6.82. The SMILES string of the molecule is Cc1cc(C(=O)N[C@@H](CO)Cc2ccccc2)ccn1. The summed E-state index contributed by atoms with van der Waals surface area (Å²) in [6.45, 7) is 1.75. The molecule has 104 valence electrons. The van der Waals surface area contributed by atoms with Crippen LogP contribution < -0.4 is 5.32 Å². The lowest BCUT2D eigenvalue weighted by Gasteiger charge is -2.16. The molecule has 0 saturated heterocycles. The van der Waals surface area contributed by atoms with Crippen LogP contribution in [0.5, 0.6) is 0 Å². The Morgan fingerprint density at radius 2 is 2.05 bits per heavy atom. The molecule has 0 bridgehead atoms. The number of hydrogen-bond donors (Lipinski definition) is 2. The van der Waals surface area contributed by atoms with Gasteiger partial charge in [0.25, 0.3) is 5.91 Å². The number of aliphatic hydroxyl groups excluding tert-OH is 1. The van der Waals surface area contributed by atoms with Gasteiger partial charge in [-0.1, -0.05) is 30.3 Å². The number of aromatic nitrogens is 1. The lowest BCUT2D eigenvalue weighted by molar-refractivity contribution is 0.0916. The number of pyridine rings is 1. The van der Waals surface area contributed by atoms with Crippen LogP contribution in [0.4, 0.5) is 0 Å². The summed E-state index contributed by atoms with van der Waals surface area (Å²) in [5.74, 6) is -0.189. The molecule has 0 aliphatic carbocycles. The van der Waals surface area contributed by atoms with E-state index in [1.165, 1.54) is 0 Å². The maximum Gasteiger partial charge on any atom is 0.251 e. The van der Waals surface area contributed by atoms with Gasteiger partial charge in [-0.15, -0.1) is 0 Å². The third-order valence-corrected chi connectivity index (χ3v) is 3.04. The highest BCUT2D eigenvalue weighted by Crippen LogP contribution is 2.05. The summed E-state index contributed by atoms with van der Waals surface area (Å²) in [6, 6.07) is 12.9. The molecule has 1 heterocycles. The molecule has 4 heteroatoms. The van der Waals surface area contributed by atoms with Gasteiger partial charge in [0.2, 0.25) is 0 Å². The maximum absolute atomic E-state index is 12.1. The molecule has 2 N–H and O–H groups in total. The van der Waals surface area contributed by atoms with Crippen LogP contribution in [-0.4, -0.2) is 28.6 Å². The summed E-state index contributed by atoms with van der Waals surface area (Å²) in [7, 11) is 0. The van der Waals surface area contributed by atoms with Crippen molar-refractivity contribution in [2.24, 2.45) is 0 Å². The molecule has 4 nitrogen and oxygen atoms in total. The van der Waals surface area contributed by atoms with Gasteiger partial charge in [0.15, 0.2) is 0 Å². The lowest BCUT2D eigenvalue weighted by atomic mass is 10.1. The molecule has 1 amide bonds. The molecule has 0 unspecified atom stereocenters. The third kappa shape index (κ3) is 3.90. The Bertz CT molecular complexity index is 570. The van der Waals surface area contributed by atoms with E-state index in [1.807, 2.05) is 37.3 Å². The van der Waals surface area contributed by atoms with Gasteiger partial charge in [0.1, 0.15) is 0 Å². The topological polar surface area (TPSA) is 62.2 Å². The minimum absolute atomic E-state index is 0.0926. The fraction of sp³-hybridized carbons (Fsp3) is 0.250. The van der Waals surface area contributed by atoms with Crippen molar-refractivity contribution in [3.63, 3.8) is 0 Å². The first-order valence-corrected chi connectivity index (χ1v) is 6.57. The maximum atomic E-state index is 12.1. The van der Waals surface area contributed by atoms with Crippen molar-refractivity contribution in [3.05, 3.63) is 65.5 Å². The van der Waals surface area contributed by atoms with Crippen molar-refractivity contribution < 1.29 is 9.90 Å². The zero-order valence-corrected chi connectivity index (χ0v) is 11.4. The normalized spacial score (nSPS) is 11.9. The quantitative estimate of drug-likeness (QED) is 0.869. The number of carbonyl (C=O) groups excluding carboxylic acids is 1. The largest absolute Gasteiger partial charge is 0.394 e. The molecule has 20 heavy (non-hydrogen) atoms. The van der Waals surface area contributed by atoms with Crippen LogP contribution >= 0.6 is 0 Å². The molecule has 0 spiro atoms. The summed E-state index contributed by atoms with van der Waals surface area (Å²) in [4.78, 5) is 16.2. The number of hydrogen-bond acceptors (Lipinski definition) is 3. The smallest absolute Gasteiger partial charge is 0.251 e. The first kappa shape index (κ1) is 14.2. The van der Waals surface area contributed by atoms with Gasteiger partial charge in [-0.05, 0) is 31.0 Å². The minimum atomic E-state index is -0.293. The molecular weight excluding hydrogens is 252 g/mol. The number of aliphatic hydroxyl groups is 1. The van der Waals surface area contributed by atoms with Gasteiger partial charge >= 0.3 is 0 Å². The Balaban J connectivity index is 2.01. The Morgan fingerprint density at radius 1 is 1.30 bits per heavy atom. The Hall–Kier alpha value is -2.20. The summed E-state index contributed by atoms with van der Waals surface area (Å²) < 4.78 is 0. The van der Waals surface area contributed by atoms with E-state index in [1.54, 1.807) is 18.3 Å². The molecule has 0 aliphatic rings. The highest BCUT2D eigenvalue weighted by Gasteiger charge is 2.13. The Labute approximate surface area is 118 Å². The van der Waals surface area contributed by atoms with Crippen molar-refractivity contribution in [2.45, 2.75) is 19.4 Å². The molecular formula is C16H18N2O2. The standard InChI is InChI=1S/C16H18N2O2/c1-12-9-14(7-8-17-12)16(20)18-15(11-19)10-13-5-3-2-4-6-13/h2-9,15,19H,10-11H2,1H3,(H,18,20)/t15-/m1/s1. The number of amides is 1. The van der Waals surface area contributed by atoms with Crippen LogP contribution in [-0.2, 0) is 6.42 Å². The number of nitrogens with one attached hydrogen (secondary N) is 1. The van der Waals surface area contributed by atoms with Crippen LogP contribution in [0.1, 0.15) is 21.6 Å². The highest BCUT2D eigenvalue weighted by atomic mass is 16.3. The molecule has 0 saturated carbocycles. The van der Waals surface area contributed by atoms with Crippen LogP contribution in [0.25, 0.3) is 0 Å². The molecule has 0 fully saturated rings. The predicted octanol–water partition coefficient (Wildman–Crippen LogP) is 1.72. The second-order valence-corrected chi connectivity index (χ2v) is 4.73. The van der Waals surface area contributed by atoms with Crippen LogP contribution in [0, 0.1) is 6.92 Å². The van der Waals surface area contributed by atoms with Crippen molar-refractivity contribution in [3.8, 4) is 0 Å². The van der Waals surface area contributed by atoms with E-state index >= 15 is 0 Å². The first-order valence-electron chi connectivity index (χ1n) is 6.57. The summed E-state index contributed by atoms with van der Waals surface area (Å²) in [6.07, 6.45) is 2.21. The first-order chi connectivity index (χ1) is 9.69. The molecule has 1 aromatic heterocycles. The van der Waals surface area contributed by atoms with E-state index in [0.717, 1.165) is 11.3 Å². The number of aryl methyl sites for hydroxylation is 1. The van der Waals surface area contributed by atoms with E-state index in [0.29, 0.717) is 12.0 Å². The van der Waals surface area contributed by atoms with E-state index in [2.05, 4.69) is 10.3 Å². The highest BCUT2D eigenvalue weighted by molar-refractivity contribution is 5.94. The molecule has 0 radical (unpaired) electrons. The van der Waals surface area contributed by atoms with E-state index in [-0.39, 0.29) is 18.6 Å². The van der Waals surface area contributed by atoms with E-state index in [4.69, 9.17) is 0 Å². The number of carbonyl (C=O) groups is 1. The van der Waals surface area contributed by atoms with Crippen LogP contribution in [0.2, 0.25) is 0 Å². The van der Waals surface area contributed by atoms with Crippen LogP contribution in [0.15, 0.2) is 48.7 Å². The van der Waals surface area contributed by atoms with Gasteiger partial charge < -0.3 is 10.4 Å². The van der Waals surface area contributed by atoms with Crippen molar-refractivity contribution >= 4 is 5.91 Å². The van der Waals surface area contributed by atoms with Gasteiger partial charge in [0, 0.05) is 17.5 Å². The number of nitrogens with zero attached hydrogens (tertiary/aromatic N) is 1. The molecule has 1 aromatic carbocycles. The zero-order valence-electron chi connectivity index (χ0n) is 11.4. The molecule has 1 atom stereocenters. The van der Waals surface area contributed by atoms with Crippen molar-refractivity contribution in [2.75, 3.05) is 6.61 Å². The average molecular weight is 270 g/mol. The van der Waals surface area contributed by atoms with Crippen molar-refractivity contribution in [1.82, 2.24) is 10.3 Å². The van der Waals surface area contributed by atoms with Gasteiger partial charge in [-0.3, -0.25) is 9.78 Å². The van der Waals surface area contributed by atoms with E-state index in [9.17, 15) is 9.90 Å². The van der Waals surface area contributed by atoms with Gasteiger partial charge in [0.05, 0.1) is 12.6 Å². The monoisotopic (exact) mass is 270 g/mol. The van der Waals surface area contributed by atoms with Crippen LogP contribution in [0.3, 0.4) is 0 Å². The number of benzene rings is 1. The Morgan fingerprint density at radius 3 is 2.70 bits per heavy atom. The van der Waals surface area contributed by atoms with Gasteiger partial charge in [-0.25, -0.2) is 0 Å². The summed E-state index contributed by atoms with van der Waals surface area (Å²) >= 11 is 0. The predicted molar refractivity (Wildman–Crippen MR) is 77.5 cm³/mol. The molecule has 2 aromatic rings. The van der Waals surface area contributed by atoms with Gasteiger partial charge in [-0.2, -0.15) is 0 Å². The number of rotatable bonds is 5. The fourth-order valence-corrected chi connectivity index (χ4v) is 2.02. The lowest BCUT2D eigenvalue weighted by Crippen LogP contribution is -2.39. The molecule has 0 aliphatic heterocycles. The minimum Gasteiger partial charge on any atom is -0.394 e. The fourth-order valence-electron chi connectivity index (χ4n) is 2.02. The zero-order chi connectivity index (χ0) is 14.4. The molecule has 2 rings (SSSR count). The Kier molecular flexibility index (Phi) is 4.85. The summed E-state index contributed by atoms with van der Waals surface area (Å²) in [5, 5.41) is 12.3. The third-order valence-electron chi connectivity index (χ3n) is 3.04. The average Bonchev–Trinajstić information content (AvgIpc) is 2.47.